The second kappa shape index (κ2) is 5.66. The molecule has 0 amide bonds. The lowest BCUT2D eigenvalue weighted by Gasteiger charge is -2.12. The van der Waals surface area contributed by atoms with Crippen LogP contribution >= 0.6 is 15.9 Å². The van der Waals surface area contributed by atoms with E-state index < -0.39 is 0 Å². The molecule has 0 N–H and O–H groups in total. The number of halogens is 2. The van der Waals surface area contributed by atoms with Gasteiger partial charge in [0.1, 0.15) is 5.82 Å². The zero-order valence-corrected chi connectivity index (χ0v) is 12.2. The van der Waals surface area contributed by atoms with Crippen LogP contribution in [0.3, 0.4) is 0 Å². The minimum absolute atomic E-state index is 0.0396. The van der Waals surface area contributed by atoms with Crippen LogP contribution in [0.1, 0.15) is 34.0 Å². The van der Waals surface area contributed by atoms with Crippen molar-refractivity contribution in [2.75, 3.05) is 0 Å². The maximum absolute atomic E-state index is 13.4. The van der Waals surface area contributed by atoms with Crippen molar-refractivity contribution in [1.29, 1.82) is 0 Å². The van der Waals surface area contributed by atoms with Gasteiger partial charge in [-0.15, -0.1) is 0 Å². The van der Waals surface area contributed by atoms with E-state index in [0.717, 1.165) is 23.1 Å². The molecular formula is C16H16BrF. The van der Waals surface area contributed by atoms with Crippen molar-refractivity contribution in [2.45, 2.75) is 25.1 Å². The van der Waals surface area contributed by atoms with Gasteiger partial charge in [0.05, 0.1) is 4.83 Å². The van der Waals surface area contributed by atoms with Gasteiger partial charge < -0.3 is 0 Å². The summed E-state index contributed by atoms with van der Waals surface area (Å²) in [4.78, 5) is 0.0396. The van der Waals surface area contributed by atoms with Gasteiger partial charge in [-0.2, -0.15) is 0 Å². The third kappa shape index (κ3) is 2.99. The van der Waals surface area contributed by atoms with Crippen molar-refractivity contribution in [2.24, 2.45) is 0 Å². The first kappa shape index (κ1) is 13.3. The molecule has 2 rings (SSSR count). The molecular weight excluding hydrogens is 291 g/mol. The van der Waals surface area contributed by atoms with E-state index >= 15 is 0 Å². The third-order valence-electron chi connectivity index (χ3n) is 3.04. The summed E-state index contributed by atoms with van der Waals surface area (Å²) < 4.78 is 13.4. The van der Waals surface area contributed by atoms with Crippen LogP contribution in [-0.4, -0.2) is 0 Å². The Morgan fingerprint density at radius 2 is 1.72 bits per heavy atom. The van der Waals surface area contributed by atoms with E-state index in [1.807, 2.05) is 13.0 Å². The molecule has 0 aromatic heterocycles. The van der Waals surface area contributed by atoms with E-state index in [-0.39, 0.29) is 10.6 Å². The molecule has 0 saturated carbocycles. The Kier molecular flexibility index (Phi) is 4.18. The molecule has 0 radical (unpaired) electrons. The monoisotopic (exact) mass is 306 g/mol. The molecule has 0 aliphatic rings. The number of hydrogen-bond donors (Lipinski definition) is 0. The Hall–Kier alpha value is -1.15. The second-order valence-corrected chi connectivity index (χ2v) is 5.44. The first-order chi connectivity index (χ1) is 8.60. The summed E-state index contributed by atoms with van der Waals surface area (Å²) in [5, 5.41) is 0. The lowest BCUT2D eigenvalue weighted by molar-refractivity contribution is 0.624. The second-order valence-electron chi connectivity index (χ2n) is 4.52. The first-order valence-electron chi connectivity index (χ1n) is 6.10. The van der Waals surface area contributed by atoms with Gasteiger partial charge in [-0.1, -0.05) is 53.2 Å². The molecule has 0 spiro atoms. The van der Waals surface area contributed by atoms with Gasteiger partial charge in [0.25, 0.3) is 0 Å². The lowest BCUT2D eigenvalue weighted by Crippen LogP contribution is -1.95. The highest BCUT2D eigenvalue weighted by Gasteiger charge is 2.11. The van der Waals surface area contributed by atoms with Gasteiger partial charge in [0.2, 0.25) is 0 Å². The topological polar surface area (TPSA) is 0 Å². The van der Waals surface area contributed by atoms with E-state index in [1.54, 1.807) is 12.1 Å². The number of hydrogen-bond acceptors (Lipinski definition) is 0. The van der Waals surface area contributed by atoms with Crippen LogP contribution in [0.15, 0.2) is 42.5 Å². The summed E-state index contributed by atoms with van der Waals surface area (Å²) in [7, 11) is 0. The zero-order valence-electron chi connectivity index (χ0n) is 10.6. The summed E-state index contributed by atoms with van der Waals surface area (Å²) in [6, 6.07) is 13.6. The minimum Gasteiger partial charge on any atom is -0.207 e. The molecule has 2 aromatic rings. The van der Waals surface area contributed by atoms with Gasteiger partial charge in [0.15, 0.2) is 0 Å². The summed E-state index contributed by atoms with van der Waals surface area (Å²) in [6.45, 7) is 4.04. The largest absolute Gasteiger partial charge is 0.207 e. The summed E-state index contributed by atoms with van der Waals surface area (Å²) in [6.07, 6.45) is 1.03. The predicted molar refractivity (Wildman–Crippen MR) is 77.7 cm³/mol. The standard InChI is InChI=1S/C16H16BrF/c1-3-12-4-6-13(7-5-12)16(17)14-8-11(2)9-15(18)10-14/h4-10,16H,3H2,1-2H3. The van der Waals surface area contributed by atoms with Crippen LogP contribution in [-0.2, 0) is 6.42 Å². The number of alkyl halides is 1. The molecule has 0 aliphatic heterocycles. The molecule has 1 atom stereocenters. The molecule has 94 valence electrons. The Labute approximate surface area is 116 Å². The Bertz CT molecular complexity index is 511. The van der Waals surface area contributed by atoms with E-state index in [2.05, 4.69) is 47.1 Å². The van der Waals surface area contributed by atoms with Gasteiger partial charge in [-0.3, -0.25) is 0 Å². The Morgan fingerprint density at radius 3 is 2.28 bits per heavy atom. The predicted octanol–water partition coefficient (Wildman–Crippen LogP) is 5.18. The molecule has 0 aliphatic carbocycles. The number of rotatable bonds is 3. The van der Waals surface area contributed by atoms with Gasteiger partial charge >= 0.3 is 0 Å². The molecule has 2 aromatic carbocycles. The van der Waals surface area contributed by atoms with Crippen LogP contribution in [0.5, 0.6) is 0 Å². The maximum atomic E-state index is 13.4. The fourth-order valence-electron chi connectivity index (χ4n) is 2.03. The fraction of sp³-hybridized carbons (Fsp3) is 0.250. The van der Waals surface area contributed by atoms with Crippen LogP contribution < -0.4 is 0 Å². The maximum Gasteiger partial charge on any atom is 0.123 e. The van der Waals surface area contributed by atoms with Crippen molar-refractivity contribution in [3.63, 3.8) is 0 Å². The van der Waals surface area contributed by atoms with Crippen molar-refractivity contribution >= 4 is 15.9 Å². The van der Waals surface area contributed by atoms with Gasteiger partial charge in [-0.25, -0.2) is 4.39 Å². The van der Waals surface area contributed by atoms with Gasteiger partial charge in [-0.05, 0) is 47.7 Å². The van der Waals surface area contributed by atoms with Crippen LogP contribution in [0.2, 0.25) is 0 Å². The molecule has 0 bridgehead atoms. The highest BCUT2D eigenvalue weighted by molar-refractivity contribution is 9.09. The van der Waals surface area contributed by atoms with Gasteiger partial charge in [0, 0.05) is 0 Å². The molecule has 0 heterocycles. The summed E-state index contributed by atoms with van der Waals surface area (Å²) in [5.41, 5.74) is 4.36. The molecule has 18 heavy (non-hydrogen) atoms. The van der Waals surface area contributed by atoms with Crippen molar-refractivity contribution < 1.29 is 4.39 Å². The first-order valence-corrected chi connectivity index (χ1v) is 7.01. The van der Waals surface area contributed by atoms with Crippen molar-refractivity contribution in [3.05, 3.63) is 70.5 Å². The average molecular weight is 307 g/mol. The number of benzene rings is 2. The highest BCUT2D eigenvalue weighted by Crippen LogP contribution is 2.31. The molecule has 0 nitrogen and oxygen atoms in total. The fourth-order valence-corrected chi connectivity index (χ4v) is 2.60. The van der Waals surface area contributed by atoms with Crippen molar-refractivity contribution in [3.8, 4) is 0 Å². The molecule has 1 unspecified atom stereocenters. The Morgan fingerprint density at radius 1 is 1.06 bits per heavy atom. The average Bonchev–Trinajstić information content (AvgIpc) is 2.37. The van der Waals surface area contributed by atoms with Crippen molar-refractivity contribution in [1.82, 2.24) is 0 Å². The number of aryl methyl sites for hydroxylation is 2. The normalized spacial score (nSPS) is 12.4. The molecule has 2 heteroatoms. The molecule has 0 saturated heterocycles. The van der Waals surface area contributed by atoms with E-state index in [1.165, 1.54) is 5.56 Å². The Balaban J connectivity index is 2.31. The van der Waals surface area contributed by atoms with Crippen LogP contribution in [0.25, 0.3) is 0 Å². The lowest BCUT2D eigenvalue weighted by atomic mass is 10.0. The third-order valence-corrected chi connectivity index (χ3v) is 4.10. The quantitative estimate of drug-likeness (QED) is 0.685. The highest BCUT2D eigenvalue weighted by atomic mass is 79.9. The van der Waals surface area contributed by atoms with E-state index in [4.69, 9.17) is 0 Å². The summed E-state index contributed by atoms with van der Waals surface area (Å²) >= 11 is 3.64. The zero-order chi connectivity index (χ0) is 13.1. The van der Waals surface area contributed by atoms with Crippen LogP contribution in [0, 0.1) is 12.7 Å². The van der Waals surface area contributed by atoms with E-state index in [9.17, 15) is 4.39 Å². The minimum atomic E-state index is -0.181. The SMILES string of the molecule is CCc1ccc(C(Br)c2cc(C)cc(F)c2)cc1. The molecule has 0 fully saturated rings. The smallest absolute Gasteiger partial charge is 0.123 e. The summed E-state index contributed by atoms with van der Waals surface area (Å²) in [5.74, 6) is -0.181. The van der Waals surface area contributed by atoms with E-state index in [0.29, 0.717) is 0 Å². The van der Waals surface area contributed by atoms with Crippen LogP contribution in [0.4, 0.5) is 4.39 Å².